The molecule has 1 atom stereocenters. The van der Waals surface area contributed by atoms with Crippen LogP contribution in [-0.2, 0) is 14.3 Å². The molecule has 3 rings (SSSR count). The Morgan fingerprint density at radius 3 is 2.47 bits per heavy atom. The number of amides is 3. The molecule has 1 aliphatic heterocycles. The predicted molar refractivity (Wildman–Crippen MR) is 124 cm³/mol. The molecule has 0 fully saturated rings. The molecule has 2 aromatic rings. The quantitative estimate of drug-likeness (QED) is 0.418. The van der Waals surface area contributed by atoms with E-state index in [1.807, 2.05) is 13.8 Å². The molecule has 180 valence electrons. The second-order valence-electron chi connectivity index (χ2n) is 7.67. The average Bonchev–Trinajstić information content (AvgIpc) is 3.06. The summed E-state index contributed by atoms with van der Waals surface area (Å²) in [6, 6.07) is 8.70. The Hall–Kier alpha value is -3.88. The van der Waals surface area contributed by atoms with E-state index in [2.05, 4.69) is 5.32 Å². The second-order valence-corrected chi connectivity index (χ2v) is 7.67. The van der Waals surface area contributed by atoms with Gasteiger partial charge in [-0.1, -0.05) is 19.1 Å². The first-order valence-electron chi connectivity index (χ1n) is 11.1. The molecule has 9 nitrogen and oxygen atoms in total. The van der Waals surface area contributed by atoms with Crippen LogP contribution in [0.15, 0.2) is 36.4 Å². The number of benzene rings is 2. The van der Waals surface area contributed by atoms with E-state index >= 15 is 0 Å². The van der Waals surface area contributed by atoms with Crippen LogP contribution in [0, 0.1) is 0 Å². The summed E-state index contributed by atoms with van der Waals surface area (Å²) in [5, 5.41) is 2.60. The van der Waals surface area contributed by atoms with Gasteiger partial charge in [-0.3, -0.25) is 24.1 Å². The first-order valence-corrected chi connectivity index (χ1v) is 11.1. The molecule has 0 saturated carbocycles. The van der Waals surface area contributed by atoms with Crippen molar-refractivity contribution in [2.24, 2.45) is 0 Å². The van der Waals surface area contributed by atoms with E-state index < -0.39 is 23.8 Å². The highest BCUT2D eigenvalue weighted by Crippen LogP contribution is 2.39. The molecule has 1 aliphatic rings. The minimum absolute atomic E-state index is 0.0909. The molecule has 0 radical (unpaired) electrons. The number of nitrogens with one attached hydrogen (secondary N) is 1. The smallest absolute Gasteiger partial charge is 0.308 e. The highest BCUT2D eigenvalue weighted by molar-refractivity contribution is 6.24. The van der Waals surface area contributed by atoms with Gasteiger partial charge < -0.3 is 19.5 Å². The molecule has 1 unspecified atom stereocenters. The standard InChI is InChI=1S/C25H28N2O7/c1-5-12-34-22(29)14-19(16-10-11-20(32-4)21(13-16)33-6-2)27-24(30)17-8-7-9-18(26-15(3)28)23(17)25(27)31/h7-11,13,19H,5-6,12,14H2,1-4H3,(H,26,28). The van der Waals surface area contributed by atoms with Crippen molar-refractivity contribution in [3.63, 3.8) is 0 Å². The lowest BCUT2D eigenvalue weighted by atomic mass is 10.0. The number of ether oxygens (including phenoxy) is 3. The van der Waals surface area contributed by atoms with Crippen LogP contribution in [0.25, 0.3) is 0 Å². The van der Waals surface area contributed by atoms with Gasteiger partial charge in [-0.05, 0) is 43.2 Å². The van der Waals surface area contributed by atoms with Gasteiger partial charge >= 0.3 is 5.97 Å². The molecule has 34 heavy (non-hydrogen) atoms. The third-order valence-electron chi connectivity index (χ3n) is 5.27. The van der Waals surface area contributed by atoms with Crippen LogP contribution in [0.3, 0.4) is 0 Å². The SMILES string of the molecule is CCCOC(=O)CC(c1ccc(OC)c(OCC)c1)N1C(=O)c2cccc(NC(C)=O)c2C1=O. The predicted octanol–water partition coefficient (Wildman–Crippen LogP) is 3.73. The molecular weight excluding hydrogens is 440 g/mol. The van der Waals surface area contributed by atoms with Crippen LogP contribution >= 0.6 is 0 Å². The van der Waals surface area contributed by atoms with E-state index in [0.717, 1.165) is 4.90 Å². The van der Waals surface area contributed by atoms with Crippen molar-refractivity contribution in [1.29, 1.82) is 0 Å². The Morgan fingerprint density at radius 1 is 1.06 bits per heavy atom. The lowest BCUT2D eigenvalue weighted by Crippen LogP contribution is -2.36. The van der Waals surface area contributed by atoms with Crippen LogP contribution in [0.1, 0.15) is 65.9 Å². The molecule has 1 heterocycles. The van der Waals surface area contributed by atoms with E-state index in [-0.39, 0.29) is 35.7 Å². The molecule has 9 heteroatoms. The third kappa shape index (κ3) is 5.03. The minimum Gasteiger partial charge on any atom is -0.493 e. The number of esters is 1. The fourth-order valence-electron chi connectivity index (χ4n) is 3.84. The number of fused-ring (bicyclic) bond motifs is 1. The number of carbonyl (C=O) groups is 4. The molecule has 0 aliphatic carbocycles. The Kier molecular flexibility index (Phi) is 7.88. The zero-order chi connectivity index (χ0) is 24.8. The maximum Gasteiger partial charge on any atom is 0.308 e. The van der Waals surface area contributed by atoms with Crippen molar-refractivity contribution in [3.8, 4) is 11.5 Å². The zero-order valence-corrected chi connectivity index (χ0v) is 19.7. The summed E-state index contributed by atoms with van der Waals surface area (Å²) in [4.78, 5) is 52.1. The maximum absolute atomic E-state index is 13.5. The molecular formula is C25H28N2O7. The summed E-state index contributed by atoms with van der Waals surface area (Å²) in [6.45, 7) is 5.61. The van der Waals surface area contributed by atoms with Gasteiger partial charge in [0.15, 0.2) is 11.5 Å². The van der Waals surface area contributed by atoms with Gasteiger partial charge in [0, 0.05) is 6.92 Å². The van der Waals surface area contributed by atoms with Crippen molar-refractivity contribution < 1.29 is 33.4 Å². The number of anilines is 1. The summed E-state index contributed by atoms with van der Waals surface area (Å²) >= 11 is 0. The fraction of sp³-hybridized carbons (Fsp3) is 0.360. The summed E-state index contributed by atoms with van der Waals surface area (Å²) in [6.07, 6.45) is 0.402. The fourth-order valence-corrected chi connectivity index (χ4v) is 3.84. The number of carbonyl (C=O) groups excluding carboxylic acids is 4. The Balaban J connectivity index is 2.07. The van der Waals surface area contributed by atoms with E-state index in [4.69, 9.17) is 14.2 Å². The van der Waals surface area contributed by atoms with Crippen LogP contribution in [0.5, 0.6) is 11.5 Å². The number of nitrogens with zero attached hydrogens (tertiary/aromatic N) is 1. The number of methoxy groups -OCH3 is 1. The van der Waals surface area contributed by atoms with Gasteiger partial charge in [0.2, 0.25) is 5.91 Å². The zero-order valence-electron chi connectivity index (χ0n) is 19.7. The van der Waals surface area contributed by atoms with E-state index in [9.17, 15) is 19.2 Å². The maximum atomic E-state index is 13.5. The van der Waals surface area contributed by atoms with Gasteiger partial charge in [-0.25, -0.2) is 0 Å². The van der Waals surface area contributed by atoms with Crippen molar-refractivity contribution in [3.05, 3.63) is 53.1 Å². The lowest BCUT2D eigenvalue weighted by Gasteiger charge is -2.27. The van der Waals surface area contributed by atoms with Gasteiger partial charge in [0.05, 0.1) is 49.6 Å². The molecule has 0 aromatic heterocycles. The Morgan fingerprint density at radius 2 is 1.82 bits per heavy atom. The molecule has 0 spiro atoms. The van der Waals surface area contributed by atoms with Crippen molar-refractivity contribution in [2.75, 3.05) is 25.6 Å². The van der Waals surface area contributed by atoms with Gasteiger partial charge in [0.25, 0.3) is 11.8 Å². The third-order valence-corrected chi connectivity index (χ3v) is 5.27. The average molecular weight is 469 g/mol. The number of imide groups is 1. The first kappa shape index (κ1) is 24.8. The van der Waals surface area contributed by atoms with Crippen LogP contribution in [-0.4, -0.2) is 48.9 Å². The largest absolute Gasteiger partial charge is 0.493 e. The van der Waals surface area contributed by atoms with Crippen molar-refractivity contribution >= 4 is 29.4 Å². The van der Waals surface area contributed by atoms with Gasteiger partial charge in [-0.15, -0.1) is 0 Å². The van der Waals surface area contributed by atoms with E-state index in [1.165, 1.54) is 20.1 Å². The van der Waals surface area contributed by atoms with E-state index in [1.54, 1.807) is 30.3 Å². The molecule has 2 aromatic carbocycles. The highest BCUT2D eigenvalue weighted by atomic mass is 16.5. The first-order chi connectivity index (χ1) is 16.3. The normalized spacial score (nSPS) is 13.4. The highest BCUT2D eigenvalue weighted by Gasteiger charge is 2.43. The van der Waals surface area contributed by atoms with Crippen LogP contribution in [0.2, 0.25) is 0 Å². The summed E-state index contributed by atoms with van der Waals surface area (Å²) in [7, 11) is 1.50. The van der Waals surface area contributed by atoms with E-state index in [0.29, 0.717) is 30.1 Å². The minimum atomic E-state index is -0.952. The number of hydrogen-bond acceptors (Lipinski definition) is 7. The van der Waals surface area contributed by atoms with Gasteiger partial charge in [0.1, 0.15) is 0 Å². The van der Waals surface area contributed by atoms with Gasteiger partial charge in [-0.2, -0.15) is 0 Å². The summed E-state index contributed by atoms with van der Waals surface area (Å²) in [5.74, 6) is -1.18. The number of hydrogen-bond donors (Lipinski definition) is 1. The van der Waals surface area contributed by atoms with Crippen LogP contribution < -0.4 is 14.8 Å². The summed E-state index contributed by atoms with van der Waals surface area (Å²) < 4.78 is 16.2. The number of rotatable bonds is 10. The summed E-state index contributed by atoms with van der Waals surface area (Å²) in [5.41, 5.74) is 0.992. The van der Waals surface area contributed by atoms with Crippen molar-refractivity contribution in [2.45, 2.75) is 39.7 Å². The van der Waals surface area contributed by atoms with Crippen LogP contribution in [0.4, 0.5) is 5.69 Å². The molecule has 0 bridgehead atoms. The Bertz CT molecular complexity index is 1110. The molecule has 0 saturated heterocycles. The molecule has 3 amide bonds. The monoisotopic (exact) mass is 468 g/mol. The second kappa shape index (κ2) is 10.8. The Labute approximate surface area is 198 Å². The molecule has 1 N–H and O–H groups in total. The topological polar surface area (TPSA) is 111 Å². The lowest BCUT2D eigenvalue weighted by molar-refractivity contribution is -0.144. The van der Waals surface area contributed by atoms with Crippen molar-refractivity contribution in [1.82, 2.24) is 4.90 Å².